The molecule has 0 amide bonds. The zero-order valence-electron chi connectivity index (χ0n) is 17.7. The summed E-state index contributed by atoms with van der Waals surface area (Å²) in [5, 5.41) is 17.1. The summed E-state index contributed by atoms with van der Waals surface area (Å²) in [6, 6.07) is 13.8. The third-order valence-corrected chi connectivity index (χ3v) is 5.88. The smallest absolute Gasteiger partial charge is 0.395 e. The molecular weight excluding hydrogens is 435 g/mol. The van der Waals surface area contributed by atoms with Gasteiger partial charge in [-0.15, -0.1) is 0 Å². The van der Waals surface area contributed by atoms with Crippen molar-refractivity contribution < 1.29 is 27.3 Å². The van der Waals surface area contributed by atoms with Crippen molar-refractivity contribution in [3.8, 4) is 34.0 Å². The normalized spacial score (nSPS) is 13.0. The number of hydrogen-bond donors (Lipinski definition) is 1. The average Bonchev–Trinajstić information content (AvgIpc) is 3.43. The van der Waals surface area contributed by atoms with Gasteiger partial charge in [0.05, 0.1) is 6.61 Å². The number of rotatable bonds is 5. The maximum atomic E-state index is 14.1. The lowest BCUT2D eigenvalue weighted by molar-refractivity contribution is -0.136. The first-order valence-corrected chi connectivity index (χ1v) is 10.4. The van der Waals surface area contributed by atoms with Gasteiger partial charge in [0.2, 0.25) is 0 Å². The number of halogens is 3. The lowest BCUT2D eigenvalue weighted by Crippen LogP contribution is -2.21. The van der Waals surface area contributed by atoms with Crippen LogP contribution in [0.4, 0.5) is 18.9 Å². The summed E-state index contributed by atoms with van der Waals surface area (Å²) >= 11 is 0. The second-order valence-corrected chi connectivity index (χ2v) is 7.92. The molecule has 0 spiro atoms. The molecule has 0 radical (unpaired) electrons. The van der Waals surface area contributed by atoms with Crippen molar-refractivity contribution in [1.82, 2.24) is 10.3 Å². The van der Waals surface area contributed by atoms with Gasteiger partial charge in [0.15, 0.2) is 17.2 Å². The summed E-state index contributed by atoms with van der Waals surface area (Å²) in [6.45, 7) is 0.531. The number of alkyl halides is 3. The highest BCUT2D eigenvalue weighted by Gasteiger charge is 2.43. The van der Waals surface area contributed by atoms with Crippen LogP contribution in [0.2, 0.25) is 0 Å². The van der Waals surface area contributed by atoms with Crippen molar-refractivity contribution in [1.29, 1.82) is 0 Å². The van der Waals surface area contributed by atoms with Crippen LogP contribution in [0.1, 0.15) is 16.7 Å². The van der Waals surface area contributed by atoms with E-state index in [4.69, 9.17) is 9.05 Å². The maximum Gasteiger partial charge on any atom is 0.422 e. The van der Waals surface area contributed by atoms with Crippen molar-refractivity contribution in [3.05, 3.63) is 65.2 Å². The fourth-order valence-electron chi connectivity index (χ4n) is 4.23. The molecule has 9 heteroatoms. The van der Waals surface area contributed by atoms with Gasteiger partial charge in [-0.2, -0.15) is 13.2 Å². The Bertz CT molecular complexity index is 1300. The molecule has 0 atom stereocenters. The van der Waals surface area contributed by atoms with Crippen LogP contribution in [0.5, 0.6) is 0 Å². The van der Waals surface area contributed by atoms with Crippen LogP contribution >= 0.6 is 0 Å². The van der Waals surface area contributed by atoms with Crippen LogP contribution < -0.4 is 4.90 Å². The van der Waals surface area contributed by atoms with E-state index in [1.807, 2.05) is 30.1 Å². The average molecular weight is 455 g/mol. The topological polar surface area (TPSA) is 75.5 Å². The van der Waals surface area contributed by atoms with E-state index in [0.29, 0.717) is 30.6 Å². The van der Waals surface area contributed by atoms with Crippen molar-refractivity contribution >= 4 is 5.69 Å². The Kier molecular flexibility index (Phi) is 5.20. The number of hydrogen-bond acceptors (Lipinski definition) is 6. The largest absolute Gasteiger partial charge is 0.422 e. The van der Waals surface area contributed by atoms with Gasteiger partial charge in [-0.05, 0) is 30.5 Å². The molecule has 4 aromatic rings. The second kappa shape index (κ2) is 8.08. The molecule has 170 valence electrons. The van der Waals surface area contributed by atoms with E-state index < -0.39 is 17.4 Å². The Balaban J connectivity index is 1.59. The molecule has 0 unspecified atom stereocenters. The molecule has 0 bridgehead atoms. The molecule has 1 aliphatic rings. The van der Waals surface area contributed by atoms with E-state index in [2.05, 4.69) is 10.3 Å². The van der Waals surface area contributed by atoms with Gasteiger partial charge in [0.1, 0.15) is 11.3 Å². The fourth-order valence-corrected chi connectivity index (χ4v) is 4.23. The van der Waals surface area contributed by atoms with E-state index in [9.17, 15) is 18.3 Å². The van der Waals surface area contributed by atoms with Crippen LogP contribution in [-0.2, 0) is 19.0 Å². The highest BCUT2D eigenvalue weighted by molar-refractivity contribution is 5.80. The van der Waals surface area contributed by atoms with Crippen LogP contribution in [0.3, 0.4) is 0 Å². The van der Waals surface area contributed by atoms with Crippen molar-refractivity contribution in [2.45, 2.75) is 19.0 Å². The lowest BCUT2D eigenvalue weighted by Gasteiger charge is -2.22. The standard InChI is InChI=1S/C24H20F3N3O3/c1-30(11-12-31)16-8-10-17-15(13-16)7-9-18-20(17)28-33-23(18)21-19(24(25,26)27)22(32-29-21)14-5-3-2-4-6-14/h2-6,8,10,13,31H,7,9,11-12H2,1H3. The first kappa shape index (κ1) is 21.3. The molecule has 1 N–H and O–H groups in total. The first-order valence-electron chi connectivity index (χ1n) is 10.4. The van der Waals surface area contributed by atoms with Gasteiger partial charge < -0.3 is 19.1 Å². The maximum absolute atomic E-state index is 14.1. The molecule has 6 nitrogen and oxygen atoms in total. The highest BCUT2D eigenvalue weighted by Crippen LogP contribution is 2.46. The summed E-state index contributed by atoms with van der Waals surface area (Å²) < 4.78 is 52.9. The summed E-state index contributed by atoms with van der Waals surface area (Å²) in [5.74, 6) is -0.369. The third kappa shape index (κ3) is 3.68. The Morgan fingerprint density at radius 3 is 2.42 bits per heavy atom. The van der Waals surface area contributed by atoms with E-state index in [1.54, 1.807) is 18.2 Å². The molecule has 2 aromatic heterocycles. The zero-order valence-corrected chi connectivity index (χ0v) is 17.7. The number of fused-ring (bicyclic) bond motifs is 3. The van der Waals surface area contributed by atoms with E-state index in [0.717, 1.165) is 16.8 Å². The molecule has 5 rings (SSSR count). The minimum absolute atomic E-state index is 0.0182. The van der Waals surface area contributed by atoms with Gasteiger partial charge >= 0.3 is 6.18 Å². The number of aliphatic hydroxyl groups is 1. The number of likely N-dealkylation sites (N-methyl/N-ethyl adjacent to an activating group) is 1. The predicted octanol–water partition coefficient (Wildman–Crippen LogP) is 5.21. The van der Waals surface area contributed by atoms with Gasteiger partial charge in [-0.3, -0.25) is 0 Å². The monoisotopic (exact) mass is 455 g/mol. The third-order valence-electron chi connectivity index (χ3n) is 5.88. The minimum Gasteiger partial charge on any atom is -0.395 e. The number of anilines is 1. The molecule has 33 heavy (non-hydrogen) atoms. The van der Waals surface area contributed by atoms with Crippen LogP contribution in [0, 0.1) is 0 Å². The van der Waals surface area contributed by atoms with E-state index in [1.165, 1.54) is 12.1 Å². The number of nitrogens with zero attached hydrogens (tertiary/aromatic N) is 3. The Morgan fingerprint density at radius 2 is 1.70 bits per heavy atom. The number of benzene rings is 2. The first-order chi connectivity index (χ1) is 15.9. The van der Waals surface area contributed by atoms with Crippen LogP contribution in [-0.4, -0.2) is 35.6 Å². The van der Waals surface area contributed by atoms with Crippen molar-refractivity contribution in [3.63, 3.8) is 0 Å². The molecule has 2 aromatic carbocycles. The number of aryl methyl sites for hydroxylation is 1. The molecule has 0 fully saturated rings. The van der Waals surface area contributed by atoms with Crippen LogP contribution in [0.25, 0.3) is 34.0 Å². The quantitative estimate of drug-likeness (QED) is 0.445. The SMILES string of the molecule is CN(CCO)c1ccc2c(c1)CCc1c-2noc1-c1noc(-c2ccccc2)c1C(F)(F)F. The zero-order chi connectivity index (χ0) is 23.2. The highest BCUT2D eigenvalue weighted by atomic mass is 19.4. The molecule has 0 aliphatic heterocycles. The summed E-state index contributed by atoms with van der Waals surface area (Å²) in [6.07, 6.45) is -3.62. The molecule has 0 saturated carbocycles. The minimum atomic E-state index is -4.70. The second-order valence-electron chi connectivity index (χ2n) is 7.92. The van der Waals surface area contributed by atoms with Gasteiger partial charge in [-0.25, -0.2) is 0 Å². The fraction of sp³-hybridized carbons (Fsp3) is 0.250. The molecule has 1 aliphatic carbocycles. The van der Waals surface area contributed by atoms with Gasteiger partial charge in [-0.1, -0.05) is 46.7 Å². The van der Waals surface area contributed by atoms with Crippen LogP contribution in [0.15, 0.2) is 57.6 Å². The summed E-state index contributed by atoms with van der Waals surface area (Å²) in [4.78, 5) is 1.93. The molecule has 0 saturated heterocycles. The van der Waals surface area contributed by atoms with Crippen molar-refractivity contribution in [2.24, 2.45) is 0 Å². The number of aliphatic hydroxyl groups excluding tert-OH is 1. The number of aromatic nitrogens is 2. The van der Waals surface area contributed by atoms with E-state index >= 15 is 0 Å². The van der Waals surface area contributed by atoms with Gasteiger partial charge in [0.25, 0.3) is 0 Å². The Hall–Kier alpha value is -3.59. The van der Waals surface area contributed by atoms with E-state index in [-0.39, 0.29) is 23.7 Å². The summed E-state index contributed by atoms with van der Waals surface area (Å²) in [7, 11) is 1.88. The predicted molar refractivity (Wildman–Crippen MR) is 116 cm³/mol. The summed E-state index contributed by atoms with van der Waals surface area (Å²) in [5.41, 5.74) is 2.79. The van der Waals surface area contributed by atoms with Gasteiger partial charge in [0, 0.05) is 36.0 Å². The Morgan fingerprint density at radius 1 is 0.970 bits per heavy atom. The lowest BCUT2D eigenvalue weighted by atomic mass is 9.88. The Labute approximate surface area is 187 Å². The molecule has 2 heterocycles. The molecular formula is C24H20F3N3O3. The van der Waals surface area contributed by atoms with Crippen molar-refractivity contribution in [2.75, 3.05) is 25.1 Å².